The Morgan fingerprint density at radius 1 is 1.56 bits per heavy atom. The van der Waals surface area contributed by atoms with Gasteiger partial charge in [-0.1, -0.05) is 5.16 Å². The van der Waals surface area contributed by atoms with Gasteiger partial charge in [0.2, 0.25) is 5.89 Å². The van der Waals surface area contributed by atoms with Gasteiger partial charge in [0.25, 0.3) is 0 Å². The van der Waals surface area contributed by atoms with Crippen LogP contribution in [-0.2, 0) is 6.42 Å². The summed E-state index contributed by atoms with van der Waals surface area (Å²) in [4.78, 5) is 5.37. The molecule has 4 nitrogen and oxygen atoms in total. The SMILES string of the molecule is Cc1ccsc1C(C)NCCc1ncno1. The van der Waals surface area contributed by atoms with E-state index in [9.17, 15) is 0 Å². The van der Waals surface area contributed by atoms with Gasteiger partial charge in [-0.25, -0.2) is 0 Å². The van der Waals surface area contributed by atoms with E-state index >= 15 is 0 Å². The first-order valence-corrected chi connectivity index (χ1v) is 6.18. The van der Waals surface area contributed by atoms with Crippen LogP contribution < -0.4 is 5.32 Å². The van der Waals surface area contributed by atoms with Gasteiger partial charge in [0.15, 0.2) is 6.33 Å². The Morgan fingerprint density at radius 3 is 3.06 bits per heavy atom. The van der Waals surface area contributed by atoms with Crippen molar-refractivity contribution in [1.82, 2.24) is 15.5 Å². The lowest BCUT2D eigenvalue weighted by Gasteiger charge is -2.12. The zero-order valence-corrected chi connectivity index (χ0v) is 10.3. The second kappa shape index (κ2) is 5.23. The van der Waals surface area contributed by atoms with E-state index in [0.29, 0.717) is 11.9 Å². The molecular weight excluding hydrogens is 222 g/mol. The van der Waals surface area contributed by atoms with E-state index in [4.69, 9.17) is 4.52 Å². The molecule has 0 aromatic carbocycles. The van der Waals surface area contributed by atoms with E-state index in [2.05, 4.69) is 40.8 Å². The van der Waals surface area contributed by atoms with Crippen molar-refractivity contribution in [2.75, 3.05) is 6.54 Å². The third-order valence-electron chi connectivity index (χ3n) is 2.49. The maximum atomic E-state index is 4.93. The molecule has 0 aliphatic heterocycles. The van der Waals surface area contributed by atoms with Gasteiger partial charge in [0.05, 0.1) is 0 Å². The summed E-state index contributed by atoms with van der Waals surface area (Å²) in [5.41, 5.74) is 1.35. The number of nitrogens with zero attached hydrogens (tertiary/aromatic N) is 2. The molecule has 2 aromatic rings. The summed E-state index contributed by atoms with van der Waals surface area (Å²) in [7, 11) is 0. The lowest BCUT2D eigenvalue weighted by atomic mass is 10.2. The molecule has 2 heterocycles. The molecule has 2 rings (SSSR count). The fourth-order valence-electron chi connectivity index (χ4n) is 1.62. The molecule has 0 aliphatic rings. The highest BCUT2D eigenvalue weighted by molar-refractivity contribution is 7.10. The van der Waals surface area contributed by atoms with E-state index in [1.54, 1.807) is 11.3 Å². The molecule has 1 N–H and O–H groups in total. The standard InChI is InChI=1S/C11H15N3OS/c1-8-4-6-16-11(8)9(2)12-5-3-10-13-7-14-15-10/h4,6-7,9,12H,3,5H2,1-2H3. The fourth-order valence-corrected chi connectivity index (χ4v) is 2.58. The van der Waals surface area contributed by atoms with Crippen LogP contribution >= 0.6 is 11.3 Å². The maximum absolute atomic E-state index is 4.93. The minimum atomic E-state index is 0.378. The Balaban J connectivity index is 1.80. The highest BCUT2D eigenvalue weighted by Crippen LogP contribution is 2.23. The summed E-state index contributed by atoms with van der Waals surface area (Å²) in [5.74, 6) is 0.683. The summed E-state index contributed by atoms with van der Waals surface area (Å²) in [6.07, 6.45) is 2.21. The van der Waals surface area contributed by atoms with Gasteiger partial charge in [0, 0.05) is 23.9 Å². The van der Waals surface area contributed by atoms with Crippen molar-refractivity contribution in [3.05, 3.63) is 34.1 Å². The van der Waals surface area contributed by atoms with Crippen LogP contribution in [0.25, 0.3) is 0 Å². The summed E-state index contributed by atoms with van der Waals surface area (Å²) in [6, 6.07) is 2.53. The Morgan fingerprint density at radius 2 is 2.44 bits per heavy atom. The van der Waals surface area contributed by atoms with Gasteiger partial charge in [0.1, 0.15) is 0 Å². The normalized spacial score (nSPS) is 12.9. The smallest absolute Gasteiger partial charge is 0.227 e. The highest BCUT2D eigenvalue weighted by Gasteiger charge is 2.09. The fraction of sp³-hybridized carbons (Fsp3) is 0.455. The molecule has 0 bridgehead atoms. The van der Waals surface area contributed by atoms with Crippen LogP contribution in [0.4, 0.5) is 0 Å². The van der Waals surface area contributed by atoms with Crippen LogP contribution in [0.15, 0.2) is 22.3 Å². The van der Waals surface area contributed by atoms with E-state index < -0.39 is 0 Å². The second-order valence-electron chi connectivity index (χ2n) is 3.73. The summed E-state index contributed by atoms with van der Waals surface area (Å²) >= 11 is 1.79. The van der Waals surface area contributed by atoms with Gasteiger partial charge < -0.3 is 9.84 Å². The minimum Gasteiger partial charge on any atom is -0.340 e. The zero-order chi connectivity index (χ0) is 11.4. The van der Waals surface area contributed by atoms with E-state index in [-0.39, 0.29) is 0 Å². The molecule has 2 aromatic heterocycles. The number of hydrogen-bond acceptors (Lipinski definition) is 5. The first kappa shape index (κ1) is 11.3. The van der Waals surface area contributed by atoms with Crippen LogP contribution in [0.2, 0.25) is 0 Å². The molecule has 1 unspecified atom stereocenters. The van der Waals surface area contributed by atoms with Crippen molar-refractivity contribution < 1.29 is 4.52 Å². The van der Waals surface area contributed by atoms with Crippen LogP contribution in [0.3, 0.4) is 0 Å². The van der Waals surface area contributed by atoms with Crippen LogP contribution in [0.1, 0.15) is 29.3 Å². The van der Waals surface area contributed by atoms with Crippen molar-refractivity contribution in [3.8, 4) is 0 Å². The predicted octanol–water partition coefficient (Wildman–Crippen LogP) is 2.33. The molecule has 5 heteroatoms. The molecule has 1 atom stereocenters. The largest absolute Gasteiger partial charge is 0.340 e. The van der Waals surface area contributed by atoms with Gasteiger partial charge in [-0.05, 0) is 30.9 Å². The Hall–Kier alpha value is -1.20. The summed E-state index contributed by atoms with van der Waals surface area (Å²) < 4.78 is 4.93. The number of hydrogen-bond donors (Lipinski definition) is 1. The average molecular weight is 237 g/mol. The quantitative estimate of drug-likeness (QED) is 0.867. The van der Waals surface area contributed by atoms with Crippen LogP contribution in [0, 0.1) is 6.92 Å². The number of rotatable bonds is 5. The predicted molar refractivity (Wildman–Crippen MR) is 63.5 cm³/mol. The molecule has 0 spiro atoms. The lowest BCUT2D eigenvalue weighted by Crippen LogP contribution is -2.21. The number of nitrogens with one attached hydrogen (secondary N) is 1. The average Bonchev–Trinajstić information content (AvgIpc) is 2.88. The lowest BCUT2D eigenvalue weighted by molar-refractivity contribution is 0.372. The third-order valence-corrected chi connectivity index (χ3v) is 3.69. The number of thiophene rings is 1. The van der Waals surface area contributed by atoms with Crippen molar-refractivity contribution in [2.45, 2.75) is 26.3 Å². The maximum Gasteiger partial charge on any atom is 0.227 e. The molecule has 0 radical (unpaired) electrons. The van der Waals surface area contributed by atoms with Gasteiger partial charge in [-0.2, -0.15) is 4.98 Å². The third kappa shape index (κ3) is 2.68. The molecule has 0 aliphatic carbocycles. The molecular formula is C11H15N3OS. The second-order valence-corrected chi connectivity index (χ2v) is 4.68. The molecule has 0 saturated carbocycles. The Kier molecular flexibility index (Phi) is 3.69. The van der Waals surface area contributed by atoms with Gasteiger partial charge in [-0.3, -0.25) is 0 Å². The molecule has 0 amide bonds. The molecule has 16 heavy (non-hydrogen) atoms. The topological polar surface area (TPSA) is 51.0 Å². The number of aryl methyl sites for hydroxylation is 1. The van der Waals surface area contributed by atoms with Gasteiger partial charge in [-0.15, -0.1) is 11.3 Å². The number of aromatic nitrogens is 2. The zero-order valence-electron chi connectivity index (χ0n) is 9.43. The first-order chi connectivity index (χ1) is 7.77. The first-order valence-electron chi connectivity index (χ1n) is 5.30. The van der Waals surface area contributed by atoms with Crippen LogP contribution in [-0.4, -0.2) is 16.7 Å². The van der Waals surface area contributed by atoms with Crippen molar-refractivity contribution in [1.29, 1.82) is 0 Å². The van der Waals surface area contributed by atoms with Crippen molar-refractivity contribution in [2.24, 2.45) is 0 Å². The highest BCUT2D eigenvalue weighted by atomic mass is 32.1. The van der Waals surface area contributed by atoms with Crippen LogP contribution in [0.5, 0.6) is 0 Å². The molecule has 86 valence electrons. The monoisotopic (exact) mass is 237 g/mol. The molecule has 0 saturated heterocycles. The van der Waals surface area contributed by atoms with Crippen molar-refractivity contribution in [3.63, 3.8) is 0 Å². The summed E-state index contributed by atoms with van der Waals surface area (Å²) in [5, 5.41) is 9.14. The summed E-state index contributed by atoms with van der Waals surface area (Å²) in [6.45, 7) is 5.16. The minimum absolute atomic E-state index is 0.378. The Bertz CT molecular complexity index is 424. The Labute approximate surface area is 98.7 Å². The molecule has 0 fully saturated rings. The van der Waals surface area contributed by atoms with E-state index in [1.807, 2.05) is 0 Å². The van der Waals surface area contributed by atoms with E-state index in [0.717, 1.165) is 13.0 Å². The van der Waals surface area contributed by atoms with Crippen molar-refractivity contribution >= 4 is 11.3 Å². The van der Waals surface area contributed by atoms with E-state index in [1.165, 1.54) is 16.8 Å². The van der Waals surface area contributed by atoms with Gasteiger partial charge >= 0.3 is 0 Å².